The quantitative estimate of drug-likeness (QED) is 0.112. The van der Waals surface area contributed by atoms with Crippen LogP contribution < -0.4 is 9.30 Å². The molecular weight excluding hydrogens is 1290 g/mol. The molecule has 2 aliphatic rings. The van der Waals surface area contributed by atoms with E-state index >= 15 is 0 Å². The zero-order chi connectivity index (χ0) is 80.5. The van der Waals surface area contributed by atoms with E-state index in [1.807, 2.05) is 71.3 Å². The van der Waals surface area contributed by atoms with Crippen molar-refractivity contribution in [3.63, 3.8) is 0 Å². The molecule has 0 radical (unpaired) electrons. The van der Waals surface area contributed by atoms with E-state index in [0.29, 0.717) is 28.7 Å². The first kappa shape index (κ1) is 38.6. The maximum atomic E-state index is 10.0. The maximum Gasteiger partial charge on any atom is 0.268 e. The first-order chi connectivity index (χ1) is 52.4. The molecule has 5 heterocycles. The van der Waals surface area contributed by atoms with Crippen LogP contribution in [0.1, 0.15) is 147 Å². The van der Waals surface area contributed by atoms with E-state index in [1.165, 1.54) is 41.0 Å². The first-order valence-corrected chi connectivity index (χ1v) is 30.1. The summed E-state index contributed by atoms with van der Waals surface area (Å²) in [4.78, 5) is 4.94. The topological polar surface area (TPSA) is 40.8 Å². The van der Waals surface area contributed by atoms with Gasteiger partial charge in [0.1, 0.15) is 5.82 Å². The molecule has 6 nitrogen and oxygen atoms in total. The number of hydrogen-bond donors (Lipinski definition) is 0. The smallest absolute Gasteiger partial charge is 0.268 e. The molecule has 10 aromatic carbocycles. The number of para-hydroxylation sites is 3. The Labute approximate surface area is 579 Å². The number of benzene rings is 10. The van der Waals surface area contributed by atoms with Crippen molar-refractivity contribution < 1.29 is 60.5 Å². The molecular formula is C84H73N5OPt-2. The van der Waals surface area contributed by atoms with E-state index in [1.54, 1.807) is 18.3 Å². The van der Waals surface area contributed by atoms with Crippen molar-refractivity contribution in [2.24, 2.45) is 0 Å². The van der Waals surface area contributed by atoms with Crippen LogP contribution in [0.25, 0.3) is 111 Å². The van der Waals surface area contributed by atoms with Crippen LogP contribution in [-0.4, -0.2) is 18.7 Å². The van der Waals surface area contributed by atoms with Gasteiger partial charge >= 0.3 is 0 Å². The van der Waals surface area contributed by atoms with Crippen LogP contribution in [0.5, 0.6) is 11.5 Å². The Hall–Kier alpha value is -9.09. The van der Waals surface area contributed by atoms with E-state index < -0.39 is 138 Å². The maximum absolute atomic E-state index is 10.0. The summed E-state index contributed by atoms with van der Waals surface area (Å²) in [5, 5.41) is 3.65. The zero-order valence-electron chi connectivity index (χ0n) is 72.9. The van der Waals surface area contributed by atoms with Crippen LogP contribution >= 0.6 is 0 Å². The average Bonchev–Trinajstić information content (AvgIpc) is 1.63. The van der Waals surface area contributed by atoms with Gasteiger partial charge in [0, 0.05) is 77.2 Å². The molecule has 1 aliphatic carbocycles. The number of ether oxygens (including phenoxy) is 1. The summed E-state index contributed by atoms with van der Waals surface area (Å²) in [5.74, 6) is 0.268. The SMILES string of the molecule is [2H]c1c([2H])c([2H])c(-c2cccc(-c3c([2H])c([2H])c([2H])c([2H])c3[2H])c2-[n+]2[c-]n3c4c(cc(-c5ccc6c(c5)C(C)(C)CCC6(C)C)cc42)C(C([2H])([2H])[2H])(C([2H])([2H])[2H])C(C([2H])([2H])[2H])(C([2H])([2H])[2H])c2ccc(Oc4[c-]c5c(cc4)c4cc(-n6c7ccccc7c7ccccc76)ccc4n5-c4cc(C(C)(C)C)ccn4)[c-]c2-3)c([2H])c1[2H].[Pt]. The van der Waals surface area contributed by atoms with Crippen molar-refractivity contribution >= 4 is 54.6 Å². The van der Waals surface area contributed by atoms with Crippen molar-refractivity contribution in [1.29, 1.82) is 0 Å². The Morgan fingerprint density at radius 3 is 1.81 bits per heavy atom. The van der Waals surface area contributed by atoms with Crippen LogP contribution in [-0.2, 0) is 48.1 Å². The summed E-state index contributed by atoms with van der Waals surface area (Å²) >= 11 is 0. The Kier molecular flexibility index (Phi) is 8.89. The fourth-order valence-corrected chi connectivity index (χ4v) is 13.8. The van der Waals surface area contributed by atoms with E-state index in [0.717, 1.165) is 72.1 Å². The number of pyridine rings is 1. The molecule has 0 spiro atoms. The number of rotatable bonds is 8. The average molecular weight is 1390 g/mol. The van der Waals surface area contributed by atoms with Crippen molar-refractivity contribution in [3.05, 3.63) is 265 Å². The molecule has 0 N–H and O–H groups in total. The largest absolute Gasteiger partial charge is 0.510 e. The number of hydrogen-bond acceptors (Lipinski definition) is 2. The molecule has 16 rings (SSSR count). The summed E-state index contributed by atoms with van der Waals surface area (Å²) in [6.07, 6.45) is 6.48. The van der Waals surface area contributed by atoms with Gasteiger partial charge in [-0.05, 0) is 155 Å². The van der Waals surface area contributed by atoms with Gasteiger partial charge < -0.3 is 18.4 Å². The molecule has 452 valence electrons. The second kappa shape index (κ2) is 21.0. The van der Waals surface area contributed by atoms with Crippen LogP contribution in [0.4, 0.5) is 0 Å². The van der Waals surface area contributed by atoms with Gasteiger partial charge in [-0.15, -0.1) is 35.2 Å². The van der Waals surface area contributed by atoms with Crippen molar-refractivity contribution in [2.75, 3.05) is 0 Å². The van der Waals surface area contributed by atoms with E-state index in [4.69, 9.17) is 17.9 Å². The molecule has 0 saturated heterocycles. The molecule has 0 fully saturated rings. The minimum atomic E-state index is -4.18. The molecule has 14 aromatic rings. The van der Waals surface area contributed by atoms with Gasteiger partial charge in [0.2, 0.25) is 0 Å². The molecule has 0 bridgehead atoms. The summed E-state index contributed by atoms with van der Waals surface area (Å²) in [6, 6.07) is 43.3. The number of aromatic nitrogens is 5. The number of imidazole rings is 1. The third-order valence-corrected chi connectivity index (χ3v) is 18.8. The minimum Gasteiger partial charge on any atom is -0.510 e. The normalized spacial score (nSPS) is 19.4. The molecule has 4 aromatic heterocycles. The predicted octanol–water partition coefficient (Wildman–Crippen LogP) is 20.9. The van der Waals surface area contributed by atoms with E-state index in [-0.39, 0.29) is 71.3 Å². The fourth-order valence-electron chi connectivity index (χ4n) is 13.8. The zero-order valence-corrected chi connectivity index (χ0v) is 53.2. The van der Waals surface area contributed by atoms with Crippen LogP contribution in [0.15, 0.2) is 218 Å². The van der Waals surface area contributed by atoms with E-state index in [9.17, 15) is 21.9 Å². The molecule has 0 unspecified atom stereocenters. The summed E-state index contributed by atoms with van der Waals surface area (Å²) in [6.45, 7) is -2.03. The second-order valence-electron chi connectivity index (χ2n) is 26.2. The van der Waals surface area contributed by atoms with Crippen molar-refractivity contribution in [1.82, 2.24) is 18.7 Å². The molecule has 1 aliphatic heterocycles. The second-order valence-corrected chi connectivity index (χ2v) is 26.2. The summed E-state index contributed by atoms with van der Waals surface area (Å²) < 4.78 is 224. The molecule has 0 atom stereocenters. The van der Waals surface area contributed by atoms with Gasteiger partial charge in [-0.1, -0.05) is 221 Å². The van der Waals surface area contributed by atoms with Crippen molar-refractivity contribution in [3.8, 4) is 67.8 Å². The Morgan fingerprint density at radius 2 is 1.14 bits per heavy atom. The monoisotopic (exact) mass is 1380 g/mol. The van der Waals surface area contributed by atoms with Crippen molar-refractivity contribution in [2.45, 2.75) is 116 Å². The van der Waals surface area contributed by atoms with Crippen LogP contribution in [0.2, 0.25) is 0 Å². The Bertz CT molecular complexity index is 6160. The first-order valence-electron chi connectivity index (χ1n) is 41.1. The standard InChI is InChI=1S/C84H73N5O.Pt/c1-80(2,3)57-41-44-85-77(48-57)89-73-40-34-58(88-71-31-20-18-27-63(71)64-28-19-21-32-72(64)88)49-66(73)65-37-35-59(50-74(65)89)90-60-36-39-68-75(51-60)86-52-87(78-61(53-23-14-12-15-24-53)29-22-30-62(78)54-25-16-13-17-26-54)76-47-56(46-70(79(76)86)84(10,11)83(68,8)9)55-33-38-67-69(45-55)82(6,7)43-42-81(67,4)5;/h12-41,44-49H,42-43H2,1-11H3;/q-2;/i8D3,9D3,10D3,11D3,12D,13D,14D,15D,16D,17D,23D,24D,25D,26D;. The van der Waals surface area contributed by atoms with Crippen LogP contribution in [0.3, 0.4) is 0 Å². The van der Waals surface area contributed by atoms with Gasteiger partial charge in [0.25, 0.3) is 6.33 Å². The van der Waals surface area contributed by atoms with Gasteiger partial charge in [-0.2, -0.15) is 12.1 Å². The van der Waals surface area contributed by atoms with Gasteiger partial charge in [-0.3, -0.25) is 4.57 Å². The third kappa shape index (κ3) is 9.13. The van der Waals surface area contributed by atoms with Crippen LogP contribution in [0, 0.1) is 18.5 Å². The van der Waals surface area contributed by atoms with Gasteiger partial charge in [0.05, 0.1) is 41.5 Å². The third-order valence-electron chi connectivity index (χ3n) is 18.8. The molecule has 7 heteroatoms. The van der Waals surface area contributed by atoms with Gasteiger partial charge in [0.15, 0.2) is 0 Å². The summed E-state index contributed by atoms with van der Waals surface area (Å²) in [7, 11) is 0. The molecule has 0 amide bonds. The number of fused-ring (bicyclic) bond motifs is 9. The molecule has 0 saturated carbocycles. The van der Waals surface area contributed by atoms with Gasteiger partial charge in [-0.25, -0.2) is 4.98 Å². The van der Waals surface area contributed by atoms with E-state index in [2.05, 4.69) is 102 Å². The fraction of sp³-hybridized carbons (Fsp3) is 0.214. The Balaban J connectivity index is 0.0000101. The number of nitrogens with zero attached hydrogens (tertiary/aromatic N) is 5. The summed E-state index contributed by atoms with van der Waals surface area (Å²) in [5.41, 5.74) is -7.03. The minimum absolute atomic E-state index is 0. The predicted molar refractivity (Wildman–Crippen MR) is 371 cm³/mol. The Morgan fingerprint density at radius 1 is 0.538 bits per heavy atom. The molecule has 91 heavy (non-hydrogen) atoms.